The third-order valence-electron chi connectivity index (χ3n) is 5.55. The van der Waals surface area contributed by atoms with Crippen molar-refractivity contribution in [1.29, 1.82) is 0 Å². The Labute approximate surface area is 170 Å². The maximum absolute atomic E-state index is 12.5. The SMILES string of the molecule is O=C(CC1CCc2ccccc21)Nc1ccc(OCC(=O)N2CCOCC2)cc1. The zero-order valence-electron chi connectivity index (χ0n) is 16.4. The largest absolute Gasteiger partial charge is 0.484 e. The third kappa shape index (κ3) is 4.95. The van der Waals surface area contributed by atoms with E-state index in [1.54, 1.807) is 29.2 Å². The molecule has 1 saturated heterocycles. The van der Waals surface area contributed by atoms with Crippen LogP contribution in [0.3, 0.4) is 0 Å². The molecule has 2 aromatic carbocycles. The van der Waals surface area contributed by atoms with Gasteiger partial charge in [-0.1, -0.05) is 24.3 Å². The molecule has 1 heterocycles. The summed E-state index contributed by atoms with van der Waals surface area (Å²) in [6.07, 6.45) is 2.56. The van der Waals surface area contributed by atoms with Crippen molar-refractivity contribution in [2.75, 3.05) is 38.2 Å². The molecular weight excluding hydrogens is 368 g/mol. The van der Waals surface area contributed by atoms with Crippen molar-refractivity contribution in [3.8, 4) is 5.75 Å². The molecule has 2 amide bonds. The molecule has 1 fully saturated rings. The van der Waals surface area contributed by atoms with E-state index in [0.29, 0.717) is 44.4 Å². The molecule has 0 aromatic heterocycles. The van der Waals surface area contributed by atoms with Crippen LogP contribution in [0.25, 0.3) is 0 Å². The lowest BCUT2D eigenvalue weighted by Gasteiger charge is -2.26. The second-order valence-electron chi connectivity index (χ2n) is 7.49. The predicted octanol–water partition coefficient (Wildman–Crippen LogP) is 2.98. The zero-order valence-corrected chi connectivity index (χ0v) is 16.4. The number of benzene rings is 2. The van der Waals surface area contributed by atoms with E-state index in [9.17, 15) is 9.59 Å². The molecule has 0 radical (unpaired) electrons. The first-order valence-electron chi connectivity index (χ1n) is 10.1. The lowest BCUT2D eigenvalue weighted by Crippen LogP contribution is -2.42. The number of hydrogen-bond acceptors (Lipinski definition) is 4. The summed E-state index contributed by atoms with van der Waals surface area (Å²) in [5.74, 6) is 0.875. The van der Waals surface area contributed by atoms with Crippen LogP contribution in [-0.2, 0) is 20.7 Å². The maximum Gasteiger partial charge on any atom is 0.260 e. The van der Waals surface area contributed by atoms with Crippen LogP contribution in [0.1, 0.15) is 29.9 Å². The fourth-order valence-electron chi connectivity index (χ4n) is 3.98. The fraction of sp³-hybridized carbons (Fsp3) is 0.391. The molecule has 1 atom stereocenters. The Hall–Kier alpha value is -2.86. The van der Waals surface area contributed by atoms with E-state index in [0.717, 1.165) is 18.5 Å². The van der Waals surface area contributed by atoms with Crippen molar-refractivity contribution in [1.82, 2.24) is 4.90 Å². The summed E-state index contributed by atoms with van der Waals surface area (Å²) >= 11 is 0. The Bertz CT molecular complexity index is 859. The molecule has 6 nitrogen and oxygen atoms in total. The van der Waals surface area contributed by atoms with Crippen LogP contribution >= 0.6 is 0 Å². The number of hydrogen-bond donors (Lipinski definition) is 1. The van der Waals surface area contributed by atoms with Crippen LogP contribution in [0.15, 0.2) is 48.5 Å². The highest BCUT2D eigenvalue weighted by atomic mass is 16.5. The molecule has 1 aliphatic carbocycles. The van der Waals surface area contributed by atoms with Gasteiger partial charge in [0, 0.05) is 25.2 Å². The average molecular weight is 394 g/mol. The standard InChI is InChI=1S/C23H26N2O4/c26-22(15-18-6-5-17-3-1-2-4-21(17)18)24-19-7-9-20(10-8-19)29-16-23(27)25-11-13-28-14-12-25/h1-4,7-10,18H,5-6,11-16H2,(H,24,26). The van der Waals surface area contributed by atoms with E-state index >= 15 is 0 Å². The van der Waals surface area contributed by atoms with Gasteiger partial charge in [-0.25, -0.2) is 0 Å². The van der Waals surface area contributed by atoms with Gasteiger partial charge in [0.15, 0.2) is 6.61 Å². The van der Waals surface area contributed by atoms with Crippen molar-refractivity contribution in [3.05, 3.63) is 59.7 Å². The first kappa shape index (κ1) is 19.5. The molecule has 2 aromatic rings. The number of rotatable bonds is 6. The molecule has 1 aliphatic heterocycles. The highest BCUT2D eigenvalue weighted by Gasteiger charge is 2.24. The van der Waals surface area contributed by atoms with E-state index in [1.807, 2.05) is 6.07 Å². The minimum atomic E-state index is -0.0393. The fourth-order valence-corrected chi connectivity index (χ4v) is 3.98. The van der Waals surface area contributed by atoms with Gasteiger partial charge in [-0.2, -0.15) is 0 Å². The van der Waals surface area contributed by atoms with E-state index in [1.165, 1.54) is 11.1 Å². The second-order valence-corrected chi connectivity index (χ2v) is 7.49. The summed E-state index contributed by atoms with van der Waals surface area (Å²) in [6.45, 7) is 2.38. The highest BCUT2D eigenvalue weighted by Crippen LogP contribution is 2.35. The van der Waals surface area contributed by atoms with Crippen molar-refractivity contribution in [2.24, 2.45) is 0 Å². The van der Waals surface area contributed by atoms with Gasteiger partial charge in [-0.15, -0.1) is 0 Å². The minimum absolute atomic E-state index is 0.00674. The number of nitrogens with one attached hydrogen (secondary N) is 1. The summed E-state index contributed by atoms with van der Waals surface area (Å²) in [5.41, 5.74) is 3.39. The average Bonchev–Trinajstić information content (AvgIpc) is 3.16. The van der Waals surface area contributed by atoms with Crippen molar-refractivity contribution in [3.63, 3.8) is 0 Å². The Morgan fingerprint density at radius 1 is 1.07 bits per heavy atom. The summed E-state index contributed by atoms with van der Waals surface area (Å²) in [7, 11) is 0. The Morgan fingerprint density at radius 2 is 1.83 bits per heavy atom. The molecule has 4 rings (SSSR count). The number of anilines is 1. The van der Waals surface area contributed by atoms with Crippen LogP contribution in [0.5, 0.6) is 5.75 Å². The maximum atomic E-state index is 12.5. The number of nitrogens with zero attached hydrogens (tertiary/aromatic N) is 1. The Morgan fingerprint density at radius 3 is 2.62 bits per heavy atom. The lowest BCUT2D eigenvalue weighted by molar-refractivity contribution is -0.137. The number of carbonyl (C=O) groups is 2. The van der Waals surface area contributed by atoms with E-state index in [-0.39, 0.29) is 18.4 Å². The van der Waals surface area contributed by atoms with Crippen LogP contribution in [0.4, 0.5) is 5.69 Å². The summed E-state index contributed by atoms with van der Waals surface area (Å²) in [6, 6.07) is 15.5. The molecule has 2 aliphatic rings. The van der Waals surface area contributed by atoms with Crippen LogP contribution in [-0.4, -0.2) is 49.6 Å². The number of ether oxygens (including phenoxy) is 2. The van der Waals surface area contributed by atoms with Gasteiger partial charge in [0.05, 0.1) is 13.2 Å². The number of morpholine rings is 1. The first-order chi connectivity index (χ1) is 14.2. The molecule has 6 heteroatoms. The Balaban J connectivity index is 1.25. The monoisotopic (exact) mass is 394 g/mol. The number of fused-ring (bicyclic) bond motifs is 1. The van der Waals surface area contributed by atoms with E-state index in [2.05, 4.69) is 23.5 Å². The van der Waals surface area contributed by atoms with Crippen molar-refractivity contribution in [2.45, 2.75) is 25.2 Å². The van der Waals surface area contributed by atoms with Crippen molar-refractivity contribution < 1.29 is 19.1 Å². The second kappa shape index (κ2) is 9.09. The number of amides is 2. The predicted molar refractivity (Wildman–Crippen MR) is 110 cm³/mol. The summed E-state index contributed by atoms with van der Waals surface area (Å²) in [4.78, 5) is 26.3. The van der Waals surface area contributed by atoms with Crippen LogP contribution in [0.2, 0.25) is 0 Å². The Kier molecular flexibility index (Phi) is 6.10. The van der Waals surface area contributed by atoms with Gasteiger partial charge >= 0.3 is 0 Å². The van der Waals surface area contributed by atoms with Crippen molar-refractivity contribution >= 4 is 17.5 Å². The van der Waals surface area contributed by atoms with Crippen LogP contribution in [0, 0.1) is 0 Å². The molecule has 1 unspecified atom stereocenters. The number of aryl methyl sites for hydroxylation is 1. The molecule has 29 heavy (non-hydrogen) atoms. The smallest absolute Gasteiger partial charge is 0.260 e. The van der Waals surface area contributed by atoms with Gasteiger partial charge in [-0.05, 0) is 54.2 Å². The normalized spacial score (nSPS) is 18.2. The van der Waals surface area contributed by atoms with E-state index in [4.69, 9.17) is 9.47 Å². The van der Waals surface area contributed by atoms with Gasteiger partial charge in [0.25, 0.3) is 5.91 Å². The summed E-state index contributed by atoms with van der Waals surface area (Å²) in [5, 5.41) is 2.96. The molecular formula is C23H26N2O4. The molecule has 0 bridgehead atoms. The minimum Gasteiger partial charge on any atom is -0.484 e. The molecule has 0 saturated carbocycles. The topological polar surface area (TPSA) is 67.9 Å². The molecule has 152 valence electrons. The van der Waals surface area contributed by atoms with E-state index < -0.39 is 0 Å². The number of carbonyl (C=O) groups excluding carboxylic acids is 2. The first-order valence-corrected chi connectivity index (χ1v) is 10.1. The van der Waals surface area contributed by atoms with Gasteiger partial charge in [-0.3, -0.25) is 9.59 Å². The lowest BCUT2D eigenvalue weighted by atomic mass is 9.97. The quantitative estimate of drug-likeness (QED) is 0.818. The van der Waals surface area contributed by atoms with Gasteiger partial charge < -0.3 is 19.7 Å². The molecule has 1 N–H and O–H groups in total. The van der Waals surface area contributed by atoms with Gasteiger partial charge in [0.2, 0.25) is 5.91 Å². The third-order valence-corrected chi connectivity index (χ3v) is 5.55. The molecule has 0 spiro atoms. The highest BCUT2D eigenvalue weighted by molar-refractivity contribution is 5.91. The van der Waals surface area contributed by atoms with Crippen LogP contribution < -0.4 is 10.1 Å². The zero-order chi connectivity index (χ0) is 20.1. The summed E-state index contributed by atoms with van der Waals surface area (Å²) < 4.78 is 10.8. The van der Waals surface area contributed by atoms with Gasteiger partial charge in [0.1, 0.15) is 5.75 Å².